The molecule has 7 heteroatoms. The molecule has 0 saturated carbocycles. The number of amides is 3. The molecule has 24 heavy (non-hydrogen) atoms. The lowest BCUT2D eigenvalue weighted by atomic mass is 10.0. The van der Waals surface area contributed by atoms with E-state index in [4.69, 9.17) is 0 Å². The quantitative estimate of drug-likeness (QED) is 0.755. The number of carbonyl (C=O) groups excluding carboxylic acids is 3. The Bertz CT molecular complexity index is 618. The number of carbonyl (C=O) groups is 3. The minimum Gasteiger partial charge on any atom is -0.358 e. The summed E-state index contributed by atoms with van der Waals surface area (Å²) in [7, 11) is 1.61. The summed E-state index contributed by atoms with van der Waals surface area (Å²) in [6.45, 7) is 2.28. The smallest absolute Gasteiger partial charge is 0.238 e. The molecule has 0 radical (unpaired) electrons. The van der Waals surface area contributed by atoms with Crippen LogP contribution in [0.5, 0.6) is 0 Å². The minimum atomic E-state index is -0.264. The standard InChI is InChI=1S/C17H24N4O3/c1-12(22)19-13-7-3-4-8-14(13)20-16(23)11-21-10-6-5-9-15(21)17(24)18-2/h3-4,7-8,15H,5-6,9-11H2,1-2H3,(H,18,24)(H,19,22)(H,20,23)/t15-/m0/s1. The third-order valence-corrected chi connectivity index (χ3v) is 4.02. The normalized spacial score (nSPS) is 17.8. The average molecular weight is 332 g/mol. The van der Waals surface area contributed by atoms with E-state index in [-0.39, 0.29) is 30.3 Å². The third-order valence-electron chi connectivity index (χ3n) is 4.02. The van der Waals surface area contributed by atoms with Crippen molar-refractivity contribution >= 4 is 29.1 Å². The second-order valence-electron chi connectivity index (χ2n) is 5.87. The molecule has 1 saturated heterocycles. The fourth-order valence-electron chi connectivity index (χ4n) is 2.91. The summed E-state index contributed by atoms with van der Waals surface area (Å²) in [5.41, 5.74) is 1.10. The van der Waals surface area contributed by atoms with Crippen LogP contribution >= 0.6 is 0 Å². The van der Waals surface area contributed by atoms with Crippen molar-refractivity contribution in [1.82, 2.24) is 10.2 Å². The van der Waals surface area contributed by atoms with Gasteiger partial charge in [-0.3, -0.25) is 19.3 Å². The van der Waals surface area contributed by atoms with Gasteiger partial charge in [-0.05, 0) is 31.5 Å². The van der Waals surface area contributed by atoms with Crippen molar-refractivity contribution in [2.45, 2.75) is 32.2 Å². The third kappa shape index (κ3) is 4.79. The van der Waals surface area contributed by atoms with Gasteiger partial charge < -0.3 is 16.0 Å². The number of nitrogens with zero attached hydrogens (tertiary/aromatic N) is 1. The summed E-state index contributed by atoms with van der Waals surface area (Å²) in [4.78, 5) is 37.5. The van der Waals surface area contributed by atoms with Crippen LogP contribution < -0.4 is 16.0 Å². The lowest BCUT2D eigenvalue weighted by Gasteiger charge is -2.33. The van der Waals surface area contributed by atoms with E-state index >= 15 is 0 Å². The maximum Gasteiger partial charge on any atom is 0.238 e. The predicted octanol–water partition coefficient (Wildman–Crippen LogP) is 1.18. The molecule has 0 bridgehead atoms. The summed E-state index contributed by atoms with van der Waals surface area (Å²) in [6, 6.07) is 6.77. The zero-order chi connectivity index (χ0) is 17.5. The van der Waals surface area contributed by atoms with E-state index in [2.05, 4.69) is 16.0 Å². The molecule has 0 spiro atoms. The second kappa shape index (κ2) is 8.44. The Balaban J connectivity index is 2.02. The van der Waals surface area contributed by atoms with E-state index in [1.54, 1.807) is 31.3 Å². The van der Waals surface area contributed by atoms with Crippen LogP contribution in [-0.4, -0.2) is 48.8 Å². The van der Waals surface area contributed by atoms with Gasteiger partial charge in [-0.25, -0.2) is 0 Å². The lowest BCUT2D eigenvalue weighted by molar-refractivity contribution is -0.128. The molecule has 1 aliphatic heterocycles. The van der Waals surface area contributed by atoms with E-state index in [1.165, 1.54) is 6.92 Å². The maximum absolute atomic E-state index is 12.4. The Morgan fingerprint density at radius 2 is 1.79 bits per heavy atom. The van der Waals surface area contributed by atoms with E-state index in [0.29, 0.717) is 11.4 Å². The number of nitrogens with one attached hydrogen (secondary N) is 3. The van der Waals surface area contributed by atoms with Crippen LogP contribution in [0.3, 0.4) is 0 Å². The molecule has 7 nitrogen and oxygen atoms in total. The summed E-state index contributed by atoms with van der Waals surface area (Å²) in [6.07, 6.45) is 2.72. The molecule has 1 heterocycles. The van der Waals surface area contributed by atoms with E-state index in [1.807, 2.05) is 4.90 Å². The van der Waals surface area contributed by atoms with Crippen molar-refractivity contribution in [1.29, 1.82) is 0 Å². The van der Waals surface area contributed by atoms with Gasteiger partial charge in [0.1, 0.15) is 0 Å². The molecule has 2 rings (SSSR count). The Morgan fingerprint density at radius 1 is 1.12 bits per heavy atom. The first-order valence-corrected chi connectivity index (χ1v) is 8.13. The largest absolute Gasteiger partial charge is 0.358 e. The molecule has 0 aromatic heterocycles. The number of anilines is 2. The second-order valence-corrected chi connectivity index (χ2v) is 5.87. The first kappa shape index (κ1) is 17.9. The van der Waals surface area contributed by atoms with Crippen LogP contribution in [0.4, 0.5) is 11.4 Å². The van der Waals surface area contributed by atoms with Crippen molar-refractivity contribution < 1.29 is 14.4 Å². The number of para-hydroxylation sites is 2. The van der Waals surface area contributed by atoms with Gasteiger partial charge in [0, 0.05) is 14.0 Å². The van der Waals surface area contributed by atoms with E-state index in [9.17, 15) is 14.4 Å². The van der Waals surface area contributed by atoms with Crippen LogP contribution in [0, 0.1) is 0 Å². The van der Waals surface area contributed by atoms with Crippen molar-refractivity contribution in [2.75, 3.05) is 30.8 Å². The number of rotatable bonds is 5. The van der Waals surface area contributed by atoms with Crippen LogP contribution in [0.2, 0.25) is 0 Å². The Hall–Kier alpha value is -2.41. The van der Waals surface area contributed by atoms with Gasteiger partial charge in [-0.1, -0.05) is 18.6 Å². The van der Waals surface area contributed by atoms with Gasteiger partial charge in [0.25, 0.3) is 0 Å². The number of piperidine rings is 1. The van der Waals surface area contributed by atoms with Crippen molar-refractivity contribution in [2.24, 2.45) is 0 Å². The van der Waals surface area contributed by atoms with Gasteiger partial charge in [0.15, 0.2) is 0 Å². The molecule has 1 aromatic carbocycles. The van der Waals surface area contributed by atoms with Crippen molar-refractivity contribution in [3.8, 4) is 0 Å². The fourth-order valence-corrected chi connectivity index (χ4v) is 2.91. The molecule has 1 aliphatic rings. The van der Waals surface area contributed by atoms with Crippen LogP contribution in [-0.2, 0) is 14.4 Å². The number of hydrogen-bond donors (Lipinski definition) is 3. The number of likely N-dealkylation sites (tertiary alicyclic amines) is 1. The van der Waals surface area contributed by atoms with Crippen molar-refractivity contribution in [3.05, 3.63) is 24.3 Å². The molecule has 3 N–H and O–H groups in total. The monoisotopic (exact) mass is 332 g/mol. The molecule has 0 aliphatic carbocycles. The molecule has 1 fully saturated rings. The Labute approximate surface area is 141 Å². The highest BCUT2D eigenvalue weighted by molar-refractivity contribution is 5.99. The van der Waals surface area contributed by atoms with Crippen LogP contribution in [0.1, 0.15) is 26.2 Å². The topological polar surface area (TPSA) is 90.5 Å². The lowest BCUT2D eigenvalue weighted by Crippen LogP contribution is -2.51. The molecule has 130 valence electrons. The van der Waals surface area contributed by atoms with E-state index in [0.717, 1.165) is 25.8 Å². The van der Waals surface area contributed by atoms with Crippen molar-refractivity contribution in [3.63, 3.8) is 0 Å². The molecular formula is C17H24N4O3. The molecule has 1 atom stereocenters. The van der Waals surface area contributed by atoms with Gasteiger partial charge >= 0.3 is 0 Å². The Kier molecular flexibility index (Phi) is 6.31. The highest BCUT2D eigenvalue weighted by Crippen LogP contribution is 2.22. The number of benzene rings is 1. The first-order valence-electron chi connectivity index (χ1n) is 8.13. The van der Waals surface area contributed by atoms with Gasteiger partial charge in [0.05, 0.1) is 24.0 Å². The van der Waals surface area contributed by atoms with E-state index < -0.39 is 0 Å². The van der Waals surface area contributed by atoms with Crippen LogP contribution in [0.15, 0.2) is 24.3 Å². The molecule has 3 amide bonds. The number of hydrogen-bond acceptors (Lipinski definition) is 4. The zero-order valence-electron chi connectivity index (χ0n) is 14.1. The molecule has 0 unspecified atom stereocenters. The maximum atomic E-state index is 12.4. The molecule has 1 aromatic rings. The first-order chi connectivity index (χ1) is 11.5. The summed E-state index contributed by atoms with van der Waals surface area (Å²) < 4.78 is 0. The molecular weight excluding hydrogens is 308 g/mol. The average Bonchev–Trinajstić information content (AvgIpc) is 2.56. The highest BCUT2D eigenvalue weighted by atomic mass is 16.2. The number of likely N-dealkylation sites (N-methyl/N-ethyl adjacent to an activating group) is 1. The van der Waals surface area contributed by atoms with Gasteiger partial charge in [-0.15, -0.1) is 0 Å². The summed E-state index contributed by atoms with van der Waals surface area (Å²) in [5.74, 6) is -0.461. The summed E-state index contributed by atoms with van der Waals surface area (Å²) >= 11 is 0. The highest BCUT2D eigenvalue weighted by Gasteiger charge is 2.29. The minimum absolute atomic E-state index is 0.0545. The summed E-state index contributed by atoms with van der Waals surface area (Å²) in [5, 5.41) is 8.16. The van der Waals surface area contributed by atoms with Crippen LogP contribution in [0.25, 0.3) is 0 Å². The zero-order valence-corrected chi connectivity index (χ0v) is 14.1. The SMILES string of the molecule is CNC(=O)[C@@H]1CCCCN1CC(=O)Nc1ccccc1NC(C)=O. The Morgan fingerprint density at radius 3 is 2.42 bits per heavy atom. The van der Waals surface area contributed by atoms with Gasteiger partial charge in [-0.2, -0.15) is 0 Å². The fraction of sp³-hybridized carbons (Fsp3) is 0.471. The predicted molar refractivity (Wildman–Crippen MR) is 92.7 cm³/mol. The van der Waals surface area contributed by atoms with Gasteiger partial charge in [0.2, 0.25) is 17.7 Å².